The zero-order chi connectivity index (χ0) is 21.2. The van der Waals surface area contributed by atoms with Crippen molar-refractivity contribution in [2.45, 2.75) is 32.1 Å². The van der Waals surface area contributed by atoms with Crippen LogP contribution in [0.1, 0.15) is 47.9 Å². The van der Waals surface area contributed by atoms with Gasteiger partial charge in [-0.25, -0.2) is 13.2 Å². The molecule has 6 nitrogen and oxygen atoms in total. The number of piperidine rings is 1. The Hall–Kier alpha value is -2.51. The van der Waals surface area contributed by atoms with Crippen molar-refractivity contribution in [3.63, 3.8) is 0 Å². The van der Waals surface area contributed by atoms with E-state index in [2.05, 4.69) is 13.8 Å². The highest BCUT2D eigenvalue weighted by atomic mass is 32.2. The number of Topliss-reactive ketones (excluding diaryl/α,β-unsaturated/α-hetero) is 1. The Balaban J connectivity index is 1.72. The second kappa shape index (κ2) is 8.47. The second-order valence-electron chi connectivity index (χ2n) is 7.76. The van der Waals surface area contributed by atoms with E-state index in [-0.39, 0.29) is 16.2 Å². The van der Waals surface area contributed by atoms with E-state index >= 15 is 0 Å². The molecule has 2 aromatic carbocycles. The third kappa shape index (κ3) is 4.92. The molecule has 1 heterocycles. The number of rotatable bonds is 5. The standard InChI is InChI=1S/C22H25NO5S/c1-15-12-16(2)14-23(13-15)29(26,27)21-10-6-19(7-11-21)22(25)28-20-8-4-18(5-9-20)17(3)24/h4-11,15-16H,12-14H2,1-3H3/t15-,16+. The van der Waals surface area contributed by atoms with Crippen molar-refractivity contribution in [2.75, 3.05) is 13.1 Å². The average molecular weight is 416 g/mol. The monoisotopic (exact) mass is 415 g/mol. The molecule has 2 aromatic rings. The Morgan fingerprint density at radius 3 is 1.93 bits per heavy atom. The summed E-state index contributed by atoms with van der Waals surface area (Å²) in [5.41, 5.74) is 0.778. The Bertz CT molecular complexity index is 987. The summed E-state index contributed by atoms with van der Waals surface area (Å²) in [7, 11) is -3.59. The summed E-state index contributed by atoms with van der Waals surface area (Å²) in [5, 5.41) is 0. The van der Waals surface area contributed by atoms with Gasteiger partial charge in [0.05, 0.1) is 10.5 Å². The highest BCUT2D eigenvalue weighted by Gasteiger charge is 2.31. The van der Waals surface area contributed by atoms with Gasteiger partial charge in [0.15, 0.2) is 5.78 Å². The van der Waals surface area contributed by atoms with E-state index in [1.54, 1.807) is 24.3 Å². The van der Waals surface area contributed by atoms with Crippen LogP contribution in [0.4, 0.5) is 0 Å². The first kappa shape index (κ1) is 21.2. The summed E-state index contributed by atoms with van der Waals surface area (Å²) >= 11 is 0. The van der Waals surface area contributed by atoms with E-state index in [0.29, 0.717) is 36.2 Å². The third-order valence-electron chi connectivity index (χ3n) is 5.03. The van der Waals surface area contributed by atoms with Crippen molar-refractivity contribution < 1.29 is 22.7 Å². The van der Waals surface area contributed by atoms with E-state index < -0.39 is 16.0 Å². The second-order valence-corrected chi connectivity index (χ2v) is 9.70. The summed E-state index contributed by atoms with van der Waals surface area (Å²) in [6.07, 6.45) is 1.02. The normalized spacial score (nSPS) is 20.2. The van der Waals surface area contributed by atoms with Crippen molar-refractivity contribution in [2.24, 2.45) is 11.8 Å². The maximum absolute atomic E-state index is 12.9. The van der Waals surface area contributed by atoms with Crippen LogP contribution in [0.15, 0.2) is 53.4 Å². The van der Waals surface area contributed by atoms with Crippen LogP contribution in [0.3, 0.4) is 0 Å². The number of benzene rings is 2. The molecule has 0 amide bonds. The fourth-order valence-electron chi connectivity index (χ4n) is 3.64. The predicted octanol–water partition coefficient (Wildman–Crippen LogP) is 3.78. The van der Waals surface area contributed by atoms with E-state index in [1.807, 2.05) is 0 Å². The number of ketones is 1. The Morgan fingerprint density at radius 1 is 0.897 bits per heavy atom. The Kier molecular flexibility index (Phi) is 6.19. The van der Waals surface area contributed by atoms with E-state index in [0.717, 1.165) is 6.42 Å². The van der Waals surface area contributed by atoms with Crippen LogP contribution in [0.25, 0.3) is 0 Å². The number of sulfonamides is 1. The molecule has 7 heteroatoms. The summed E-state index contributed by atoms with van der Waals surface area (Å²) in [5.74, 6) is 0.282. The van der Waals surface area contributed by atoms with Crippen LogP contribution in [0.5, 0.6) is 5.75 Å². The minimum Gasteiger partial charge on any atom is -0.423 e. The molecule has 29 heavy (non-hydrogen) atoms. The molecule has 1 aliphatic heterocycles. The zero-order valence-corrected chi connectivity index (χ0v) is 17.6. The first-order valence-electron chi connectivity index (χ1n) is 9.60. The number of carbonyl (C=O) groups is 2. The summed E-state index contributed by atoms with van der Waals surface area (Å²) < 4.78 is 32.7. The lowest BCUT2D eigenvalue weighted by Gasteiger charge is -2.34. The first-order valence-corrected chi connectivity index (χ1v) is 11.0. The molecule has 154 valence electrons. The average Bonchev–Trinajstić information content (AvgIpc) is 2.67. The number of hydrogen-bond acceptors (Lipinski definition) is 5. The lowest BCUT2D eigenvalue weighted by atomic mass is 9.94. The highest BCUT2D eigenvalue weighted by Crippen LogP contribution is 2.27. The number of nitrogens with zero attached hydrogens (tertiary/aromatic N) is 1. The molecular weight excluding hydrogens is 390 g/mol. The summed E-state index contributed by atoms with van der Waals surface area (Å²) in [6, 6.07) is 12.1. The van der Waals surface area contributed by atoms with E-state index in [9.17, 15) is 18.0 Å². The van der Waals surface area contributed by atoms with Crippen LogP contribution >= 0.6 is 0 Å². The molecular formula is C22H25NO5S. The van der Waals surface area contributed by atoms with Gasteiger partial charge in [0.1, 0.15) is 5.75 Å². The Morgan fingerprint density at radius 2 is 1.41 bits per heavy atom. The molecule has 0 spiro atoms. The molecule has 2 atom stereocenters. The fraction of sp³-hybridized carbons (Fsp3) is 0.364. The molecule has 0 saturated carbocycles. The van der Waals surface area contributed by atoms with Gasteiger partial charge in [-0.2, -0.15) is 4.31 Å². The van der Waals surface area contributed by atoms with Crippen LogP contribution in [-0.2, 0) is 10.0 Å². The van der Waals surface area contributed by atoms with Gasteiger partial charge in [-0.05, 0) is 73.7 Å². The number of esters is 1. The molecule has 1 aliphatic rings. The Labute approximate surface area is 171 Å². The van der Waals surface area contributed by atoms with Crippen molar-refractivity contribution in [1.29, 1.82) is 0 Å². The molecule has 1 saturated heterocycles. The molecule has 0 bridgehead atoms. The number of hydrogen-bond donors (Lipinski definition) is 0. The third-order valence-corrected chi connectivity index (χ3v) is 6.88. The van der Waals surface area contributed by atoms with E-state index in [1.165, 1.54) is 35.5 Å². The van der Waals surface area contributed by atoms with Crippen molar-refractivity contribution >= 4 is 21.8 Å². The van der Waals surface area contributed by atoms with Crippen LogP contribution in [0, 0.1) is 11.8 Å². The summed E-state index contributed by atoms with van der Waals surface area (Å²) in [6.45, 7) is 6.59. The minimum atomic E-state index is -3.59. The van der Waals surface area contributed by atoms with Gasteiger partial charge < -0.3 is 4.74 Å². The molecule has 0 radical (unpaired) electrons. The molecule has 0 unspecified atom stereocenters. The van der Waals surface area contributed by atoms with E-state index in [4.69, 9.17) is 4.74 Å². The largest absolute Gasteiger partial charge is 0.423 e. The van der Waals surface area contributed by atoms with Crippen LogP contribution in [-0.4, -0.2) is 37.6 Å². The number of ether oxygens (including phenoxy) is 1. The topological polar surface area (TPSA) is 80.8 Å². The molecule has 3 rings (SSSR count). The summed E-state index contributed by atoms with van der Waals surface area (Å²) in [4.78, 5) is 23.8. The smallest absolute Gasteiger partial charge is 0.343 e. The van der Waals surface area contributed by atoms with Gasteiger partial charge in [0.25, 0.3) is 0 Å². The quantitative estimate of drug-likeness (QED) is 0.422. The maximum Gasteiger partial charge on any atom is 0.343 e. The van der Waals surface area contributed by atoms with Gasteiger partial charge in [-0.1, -0.05) is 13.8 Å². The van der Waals surface area contributed by atoms with Gasteiger partial charge in [0, 0.05) is 18.7 Å². The number of carbonyl (C=O) groups excluding carboxylic acids is 2. The minimum absolute atomic E-state index is 0.0721. The molecule has 1 fully saturated rings. The molecule has 0 aliphatic carbocycles. The van der Waals surface area contributed by atoms with Crippen LogP contribution < -0.4 is 4.74 Å². The van der Waals surface area contributed by atoms with Crippen molar-refractivity contribution in [1.82, 2.24) is 4.31 Å². The lowest BCUT2D eigenvalue weighted by Crippen LogP contribution is -2.42. The molecule has 0 N–H and O–H groups in total. The zero-order valence-electron chi connectivity index (χ0n) is 16.8. The van der Waals surface area contributed by atoms with Crippen molar-refractivity contribution in [3.8, 4) is 5.75 Å². The predicted molar refractivity (Wildman–Crippen MR) is 110 cm³/mol. The highest BCUT2D eigenvalue weighted by molar-refractivity contribution is 7.89. The van der Waals surface area contributed by atoms with Gasteiger partial charge in [0.2, 0.25) is 10.0 Å². The molecule has 0 aromatic heterocycles. The van der Waals surface area contributed by atoms with Crippen molar-refractivity contribution in [3.05, 3.63) is 59.7 Å². The first-order chi connectivity index (χ1) is 13.7. The maximum atomic E-state index is 12.9. The SMILES string of the molecule is CC(=O)c1ccc(OC(=O)c2ccc(S(=O)(=O)N3C[C@H](C)C[C@H](C)C3)cc2)cc1. The fourth-order valence-corrected chi connectivity index (χ4v) is 5.32. The lowest BCUT2D eigenvalue weighted by molar-refractivity contribution is 0.0734. The van der Waals surface area contributed by atoms with Gasteiger partial charge >= 0.3 is 5.97 Å². The van der Waals surface area contributed by atoms with Gasteiger partial charge in [-0.15, -0.1) is 0 Å². The van der Waals surface area contributed by atoms with Crippen LogP contribution in [0.2, 0.25) is 0 Å². The van der Waals surface area contributed by atoms with Gasteiger partial charge in [-0.3, -0.25) is 4.79 Å².